The fourth-order valence-electron chi connectivity index (χ4n) is 1.54. The number of carbonyl (C=O) groups is 1. The maximum Gasteiger partial charge on any atom is 0.219 e. The average Bonchev–Trinajstić information content (AvgIpc) is 2.26. The smallest absolute Gasteiger partial charge is 0.219 e. The van der Waals surface area contributed by atoms with Crippen LogP contribution in [-0.2, 0) is 4.79 Å². The number of aliphatic imine (C=N–C) groups is 1. The second kappa shape index (κ2) is 5.53. The van der Waals surface area contributed by atoms with Crippen molar-refractivity contribution in [2.75, 3.05) is 40.3 Å². The maximum atomic E-state index is 11.1. The Balaban J connectivity index is 2.42. The lowest BCUT2D eigenvalue weighted by Gasteiger charge is -2.35. The van der Waals surface area contributed by atoms with Crippen LogP contribution in [0.2, 0.25) is 0 Å². The van der Waals surface area contributed by atoms with Gasteiger partial charge in [0.2, 0.25) is 5.91 Å². The van der Waals surface area contributed by atoms with Gasteiger partial charge in [0, 0.05) is 47.2 Å². The van der Waals surface area contributed by atoms with E-state index in [1.165, 1.54) is 0 Å². The van der Waals surface area contributed by atoms with E-state index in [0.717, 1.165) is 32.0 Å². The van der Waals surface area contributed by atoms with Crippen LogP contribution in [-0.4, -0.2) is 67.2 Å². The standard InChI is InChI=1S/C11H20N4O/c1-10(12-9-13(3)4)14-5-7-15(8-6-14)11(2)16/h9H,1,5-8H2,2-4H3/b12-9-. The van der Waals surface area contributed by atoms with Gasteiger partial charge in [-0.25, -0.2) is 4.99 Å². The third-order valence-electron chi connectivity index (χ3n) is 2.53. The average molecular weight is 224 g/mol. The van der Waals surface area contributed by atoms with Crippen molar-refractivity contribution in [2.24, 2.45) is 4.99 Å². The summed E-state index contributed by atoms with van der Waals surface area (Å²) in [6.45, 7) is 8.65. The largest absolute Gasteiger partial charge is 0.369 e. The molecule has 0 spiro atoms. The van der Waals surface area contributed by atoms with Crippen molar-refractivity contribution < 1.29 is 4.79 Å². The molecule has 1 fully saturated rings. The fourth-order valence-corrected chi connectivity index (χ4v) is 1.54. The zero-order valence-corrected chi connectivity index (χ0v) is 10.3. The molecule has 5 nitrogen and oxygen atoms in total. The van der Waals surface area contributed by atoms with Crippen molar-refractivity contribution in [3.8, 4) is 0 Å². The molecule has 1 saturated heterocycles. The van der Waals surface area contributed by atoms with E-state index in [4.69, 9.17) is 0 Å². The van der Waals surface area contributed by atoms with Gasteiger partial charge in [-0.3, -0.25) is 4.79 Å². The first-order chi connectivity index (χ1) is 7.50. The maximum absolute atomic E-state index is 11.1. The van der Waals surface area contributed by atoms with Gasteiger partial charge in [0.05, 0.1) is 6.34 Å². The first-order valence-corrected chi connectivity index (χ1v) is 5.40. The van der Waals surface area contributed by atoms with E-state index in [9.17, 15) is 4.79 Å². The predicted octanol–water partition coefficient (Wildman–Crippen LogP) is 0.212. The Labute approximate surface area is 97.0 Å². The Morgan fingerprint density at radius 1 is 1.25 bits per heavy atom. The molecule has 1 amide bonds. The van der Waals surface area contributed by atoms with E-state index in [1.807, 2.05) is 23.9 Å². The first-order valence-electron chi connectivity index (χ1n) is 5.40. The number of hydrogen-bond acceptors (Lipinski definition) is 3. The number of amides is 1. The lowest BCUT2D eigenvalue weighted by molar-refractivity contribution is -0.130. The van der Waals surface area contributed by atoms with Crippen LogP contribution < -0.4 is 0 Å². The number of hydrogen-bond donors (Lipinski definition) is 0. The van der Waals surface area contributed by atoms with Crippen molar-refractivity contribution in [3.05, 3.63) is 12.4 Å². The molecule has 0 aromatic carbocycles. The number of piperazine rings is 1. The van der Waals surface area contributed by atoms with Gasteiger partial charge in [0.1, 0.15) is 5.82 Å². The van der Waals surface area contributed by atoms with Gasteiger partial charge in [0.15, 0.2) is 0 Å². The van der Waals surface area contributed by atoms with Gasteiger partial charge in [-0.1, -0.05) is 6.58 Å². The predicted molar refractivity (Wildman–Crippen MR) is 65.1 cm³/mol. The van der Waals surface area contributed by atoms with E-state index >= 15 is 0 Å². The topological polar surface area (TPSA) is 39.1 Å². The lowest BCUT2D eigenvalue weighted by atomic mass is 10.3. The summed E-state index contributed by atoms with van der Waals surface area (Å²) in [6, 6.07) is 0. The van der Waals surface area contributed by atoms with E-state index < -0.39 is 0 Å². The number of nitrogens with zero attached hydrogens (tertiary/aromatic N) is 4. The molecule has 0 unspecified atom stereocenters. The zero-order valence-electron chi connectivity index (χ0n) is 10.3. The molecule has 1 aliphatic rings. The van der Waals surface area contributed by atoms with Gasteiger partial charge in [-0.15, -0.1) is 0 Å². The summed E-state index contributed by atoms with van der Waals surface area (Å²) in [4.78, 5) is 21.2. The van der Waals surface area contributed by atoms with Crippen LogP contribution in [0.1, 0.15) is 6.92 Å². The van der Waals surface area contributed by atoms with E-state index in [2.05, 4.69) is 16.5 Å². The summed E-state index contributed by atoms with van der Waals surface area (Å²) in [5.41, 5.74) is 0. The summed E-state index contributed by atoms with van der Waals surface area (Å²) in [6.07, 6.45) is 1.74. The minimum atomic E-state index is 0.141. The quantitative estimate of drug-likeness (QED) is 0.508. The molecule has 0 aliphatic carbocycles. The normalized spacial score (nSPS) is 16.7. The molecule has 16 heavy (non-hydrogen) atoms. The Morgan fingerprint density at radius 3 is 2.19 bits per heavy atom. The Kier molecular flexibility index (Phi) is 4.34. The van der Waals surface area contributed by atoms with E-state index in [0.29, 0.717) is 0 Å². The zero-order chi connectivity index (χ0) is 12.1. The fraction of sp³-hybridized carbons (Fsp3) is 0.636. The van der Waals surface area contributed by atoms with Crippen LogP contribution in [0.5, 0.6) is 0 Å². The lowest BCUT2D eigenvalue weighted by Crippen LogP contribution is -2.47. The summed E-state index contributed by atoms with van der Waals surface area (Å²) in [5.74, 6) is 0.902. The van der Waals surface area contributed by atoms with Crippen LogP contribution in [0.15, 0.2) is 17.4 Å². The highest BCUT2D eigenvalue weighted by molar-refractivity contribution is 5.73. The van der Waals surface area contributed by atoms with E-state index in [1.54, 1.807) is 13.3 Å². The minimum Gasteiger partial charge on any atom is -0.369 e. The molecule has 0 atom stereocenters. The van der Waals surface area contributed by atoms with Crippen LogP contribution in [0.3, 0.4) is 0 Å². The third-order valence-corrected chi connectivity index (χ3v) is 2.53. The molecule has 1 rings (SSSR count). The molecule has 90 valence electrons. The first kappa shape index (κ1) is 12.5. The van der Waals surface area contributed by atoms with Gasteiger partial charge in [-0.05, 0) is 0 Å². The summed E-state index contributed by atoms with van der Waals surface area (Å²) in [7, 11) is 3.84. The monoisotopic (exact) mass is 224 g/mol. The van der Waals surface area contributed by atoms with Crippen LogP contribution >= 0.6 is 0 Å². The van der Waals surface area contributed by atoms with Crippen molar-refractivity contribution >= 4 is 12.2 Å². The summed E-state index contributed by atoms with van der Waals surface area (Å²) >= 11 is 0. The number of rotatable bonds is 3. The highest BCUT2D eigenvalue weighted by Gasteiger charge is 2.18. The second-order valence-corrected chi connectivity index (χ2v) is 4.12. The second-order valence-electron chi connectivity index (χ2n) is 4.12. The van der Waals surface area contributed by atoms with Crippen molar-refractivity contribution in [1.82, 2.24) is 14.7 Å². The summed E-state index contributed by atoms with van der Waals surface area (Å²) < 4.78 is 0. The molecule has 0 N–H and O–H groups in total. The molecular formula is C11H20N4O. The van der Waals surface area contributed by atoms with Gasteiger partial charge in [0.25, 0.3) is 0 Å². The molecular weight excluding hydrogens is 204 g/mol. The SMILES string of the molecule is C=C(/N=C\N(C)C)N1CCN(C(C)=O)CC1. The highest BCUT2D eigenvalue weighted by Crippen LogP contribution is 2.08. The van der Waals surface area contributed by atoms with Gasteiger partial charge < -0.3 is 14.7 Å². The molecule has 0 aromatic heterocycles. The van der Waals surface area contributed by atoms with E-state index in [-0.39, 0.29) is 5.91 Å². The van der Waals surface area contributed by atoms with Crippen molar-refractivity contribution in [3.63, 3.8) is 0 Å². The van der Waals surface area contributed by atoms with Gasteiger partial charge >= 0.3 is 0 Å². The molecule has 1 heterocycles. The van der Waals surface area contributed by atoms with Gasteiger partial charge in [-0.2, -0.15) is 0 Å². The Hall–Kier alpha value is -1.52. The van der Waals surface area contributed by atoms with Crippen LogP contribution in [0, 0.1) is 0 Å². The minimum absolute atomic E-state index is 0.141. The highest BCUT2D eigenvalue weighted by atomic mass is 16.2. The number of carbonyl (C=O) groups excluding carboxylic acids is 1. The summed E-state index contributed by atoms with van der Waals surface area (Å²) in [5, 5.41) is 0. The molecule has 0 saturated carbocycles. The molecule has 0 radical (unpaired) electrons. The van der Waals surface area contributed by atoms with Crippen LogP contribution in [0.25, 0.3) is 0 Å². The third kappa shape index (κ3) is 3.56. The molecule has 1 aliphatic heterocycles. The Bertz CT molecular complexity index is 290. The van der Waals surface area contributed by atoms with Crippen LogP contribution in [0.4, 0.5) is 0 Å². The molecule has 5 heteroatoms. The molecule has 0 aromatic rings. The Morgan fingerprint density at radius 2 is 1.75 bits per heavy atom. The van der Waals surface area contributed by atoms with Crippen molar-refractivity contribution in [2.45, 2.75) is 6.92 Å². The van der Waals surface area contributed by atoms with Crippen molar-refractivity contribution in [1.29, 1.82) is 0 Å². The molecule has 0 bridgehead atoms.